The third-order valence-electron chi connectivity index (χ3n) is 5.69. The number of guanidine groups is 2. The highest BCUT2D eigenvalue weighted by atomic mass is 16.5. The Balaban J connectivity index is 1.58. The van der Waals surface area contributed by atoms with E-state index in [-0.39, 0.29) is 5.96 Å². The normalized spacial score (nSPS) is 19.8. The molecule has 2 aromatic rings. The van der Waals surface area contributed by atoms with Crippen LogP contribution in [0.3, 0.4) is 0 Å². The molecule has 1 fully saturated rings. The van der Waals surface area contributed by atoms with Crippen LogP contribution >= 0.6 is 0 Å². The van der Waals surface area contributed by atoms with Gasteiger partial charge in [-0.05, 0) is 43.9 Å². The van der Waals surface area contributed by atoms with Crippen molar-refractivity contribution in [3.05, 3.63) is 53.6 Å². The SMILES string of the molecule is NC1=NC2(CCCCC2)N(c2ccc3c(c2)Oc2ccccc2C=C3)C(N)=N1. The molecule has 1 spiro atoms. The van der Waals surface area contributed by atoms with Gasteiger partial charge in [-0.15, -0.1) is 0 Å². The van der Waals surface area contributed by atoms with Crippen molar-refractivity contribution in [1.29, 1.82) is 0 Å². The molecule has 1 aliphatic carbocycles. The standard InChI is InChI=1S/C22H23N5O/c23-20-25-21(24)27(22(26-20)12-4-1-5-13-22)17-11-10-16-9-8-15-6-2-3-7-18(15)28-19(16)14-17/h2-3,6-11,14H,1,4-5,12-13H2,(H4,23,24,25,26). The number of nitrogens with two attached hydrogens (primary N) is 2. The van der Waals surface area contributed by atoms with Crippen molar-refractivity contribution in [2.45, 2.75) is 37.8 Å². The van der Waals surface area contributed by atoms with Crippen molar-refractivity contribution in [2.24, 2.45) is 21.5 Å². The number of para-hydroxylation sites is 1. The summed E-state index contributed by atoms with van der Waals surface area (Å²) >= 11 is 0. The number of hydrogen-bond donors (Lipinski definition) is 2. The zero-order valence-corrected chi connectivity index (χ0v) is 15.6. The molecule has 6 heteroatoms. The van der Waals surface area contributed by atoms with Crippen molar-refractivity contribution in [3.63, 3.8) is 0 Å². The first-order valence-corrected chi connectivity index (χ1v) is 9.73. The first-order chi connectivity index (χ1) is 13.6. The largest absolute Gasteiger partial charge is 0.456 e. The molecule has 4 N–H and O–H groups in total. The first kappa shape index (κ1) is 16.9. The van der Waals surface area contributed by atoms with E-state index in [0.717, 1.165) is 54.0 Å². The number of aliphatic imine (C=N–C) groups is 2. The molecule has 2 aliphatic heterocycles. The highest BCUT2D eigenvalue weighted by Crippen LogP contribution is 2.42. The molecule has 0 bridgehead atoms. The smallest absolute Gasteiger partial charge is 0.220 e. The summed E-state index contributed by atoms with van der Waals surface area (Å²) < 4.78 is 6.24. The van der Waals surface area contributed by atoms with Crippen molar-refractivity contribution in [1.82, 2.24) is 0 Å². The Morgan fingerprint density at radius 1 is 0.893 bits per heavy atom. The highest BCUT2D eigenvalue weighted by Gasteiger charge is 2.42. The molecule has 0 amide bonds. The van der Waals surface area contributed by atoms with Crippen LogP contribution < -0.4 is 21.1 Å². The number of fused-ring (bicyclic) bond motifs is 2. The topological polar surface area (TPSA) is 89.2 Å². The van der Waals surface area contributed by atoms with Crippen molar-refractivity contribution < 1.29 is 4.74 Å². The molecule has 0 unspecified atom stereocenters. The molecular formula is C22H23N5O. The third-order valence-corrected chi connectivity index (χ3v) is 5.69. The maximum absolute atomic E-state index is 6.35. The summed E-state index contributed by atoms with van der Waals surface area (Å²) in [4.78, 5) is 11.0. The lowest BCUT2D eigenvalue weighted by molar-refractivity contribution is 0.305. The highest BCUT2D eigenvalue weighted by molar-refractivity contribution is 6.05. The summed E-state index contributed by atoms with van der Waals surface area (Å²) in [5.41, 5.74) is 14.9. The minimum absolute atomic E-state index is 0.263. The van der Waals surface area contributed by atoms with E-state index in [0.29, 0.717) is 5.96 Å². The van der Waals surface area contributed by atoms with E-state index >= 15 is 0 Å². The molecular weight excluding hydrogens is 350 g/mol. The lowest BCUT2D eigenvalue weighted by atomic mass is 9.87. The number of hydrogen-bond acceptors (Lipinski definition) is 6. The van der Waals surface area contributed by atoms with Crippen LogP contribution in [0, 0.1) is 0 Å². The van der Waals surface area contributed by atoms with Gasteiger partial charge in [-0.1, -0.05) is 36.8 Å². The van der Waals surface area contributed by atoms with Crippen molar-refractivity contribution in [2.75, 3.05) is 4.90 Å². The van der Waals surface area contributed by atoms with Crippen molar-refractivity contribution in [3.8, 4) is 11.5 Å². The van der Waals surface area contributed by atoms with Crippen LogP contribution in [0.25, 0.3) is 12.2 Å². The molecule has 0 saturated heterocycles. The van der Waals surface area contributed by atoms with E-state index in [9.17, 15) is 0 Å². The van der Waals surface area contributed by atoms with Crippen LogP contribution in [0.15, 0.2) is 52.4 Å². The van der Waals surface area contributed by atoms with E-state index in [4.69, 9.17) is 21.2 Å². The fraction of sp³-hybridized carbons (Fsp3) is 0.273. The molecule has 28 heavy (non-hydrogen) atoms. The Hall–Kier alpha value is -3.28. The molecule has 6 nitrogen and oxygen atoms in total. The quantitative estimate of drug-likeness (QED) is 0.673. The second-order valence-electron chi connectivity index (χ2n) is 7.51. The number of benzene rings is 2. The van der Waals surface area contributed by atoms with E-state index in [2.05, 4.69) is 29.3 Å². The van der Waals surface area contributed by atoms with Crippen LogP contribution in [-0.4, -0.2) is 17.6 Å². The van der Waals surface area contributed by atoms with E-state index < -0.39 is 5.66 Å². The Morgan fingerprint density at radius 2 is 1.64 bits per heavy atom. The first-order valence-electron chi connectivity index (χ1n) is 9.73. The monoisotopic (exact) mass is 373 g/mol. The Bertz CT molecular complexity index is 1020. The fourth-order valence-electron chi connectivity index (χ4n) is 4.39. The van der Waals surface area contributed by atoms with E-state index in [1.165, 1.54) is 6.42 Å². The van der Waals surface area contributed by atoms with Crippen LogP contribution in [0.2, 0.25) is 0 Å². The number of nitrogens with zero attached hydrogens (tertiary/aromatic N) is 3. The van der Waals surface area contributed by atoms with Crippen LogP contribution in [0.4, 0.5) is 5.69 Å². The van der Waals surface area contributed by atoms with Crippen molar-refractivity contribution >= 4 is 29.8 Å². The zero-order valence-electron chi connectivity index (χ0n) is 15.6. The second kappa shape index (κ2) is 6.41. The molecule has 0 atom stereocenters. The fourth-order valence-corrected chi connectivity index (χ4v) is 4.39. The summed E-state index contributed by atoms with van der Waals surface area (Å²) in [5, 5.41) is 0. The number of anilines is 1. The van der Waals surface area contributed by atoms with Gasteiger partial charge < -0.3 is 16.2 Å². The Morgan fingerprint density at radius 3 is 2.46 bits per heavy atom. The molecule has 1 saturated carbocycles. The van der Waals surface area contributed by atoms with Crippen LogP contribution in [-0.2, 0) is 0 Å². The molecule has 0 aromatic heterocycles. The second-order valence-corrected chi connectivity index (χ2v) is 7.51. The maximum Gasteiger partial charge on any atom is 0.220 e. The van der Waals surface area contributed by atoms with Gasteiger partial charge in [0.15, 0.2) is 0 Å². The van der Waals surface area contributed by atoms with E-state index in [1.54, 1.807) is 0 Å². The molecule has 0 radical (unpaired) electrons. The minimum Gasteiger partial charge on any atom is -0.456 e. The molecule has 142 valence electrons. The predicted molar refractivity (Wildman–Crippen MR) is 113 cm³/mol. The van der Waals surface area contributed by atoms with Gasteiger partial charge in [0.2, 0.25) is 11.9 Å². The van der Waals surface area contributed by atoms with Gasteiger partial charge in [-0.2, -0.15) is 4.99 Å². The summed E-state index contributed by atoms with van der Waals surface area (Å²) in [6.45, 7) is 0. The lowest BCUT2D eigenvalue weighted by Crippen LogP contribution is -2.58. The minimum atomic E-state index is -0.457. The zero-order chi connectivity index (χ0) is 19.1. The van der Waals surface area contributed by atoms with Gasteiger partial charge in [0.1, 0.15) is 17.2 Å². The number of rotatable bonds is 1. The average Bonchev–Trinajstić information content (AvgIpc) is 2.86. The lowest BCUT2D eigenvalue weighted by Gasteiger charge is -2.45. The van der Waals surface area contributed by atoms with Crippen LogP contribution in [0.5, 0.6) is 11.5 Å². The van der Waals surface area contributed by atoms with E-state index in [1.807, 2.05) is 35.2 Å². The molecule has 5 rings (SSSR count). The van der Waals surface area contributed by atoms with Gasteiger partial charge in [0.05, 0.1) is 5.69 Å². The summed E-state index contributed by atoms with van der Waals surface area (Å²) in [6.07, 6.45) is 9.36. The summed E-state index contributed by atoms with van der Waals surface area (Å²) in [7, 11) is 0. The van der Waals surface area contributed by atoms with Crippen LogP contribution in [0.1, 0.15) is 43.2 Å². The molecule has 2 heterocycles. The molecule has 2 aromatic carbocycles. The predicted octanol–water partition coefficient (Wildman–Crippen LogP) is 4.07. The Labute approximate surface area is 164 Å². The van der Waals surface area contributed by atoms with Gasteiger partial charge in [-0.25, -0.2) is 4.99 Å². The summed E-state index contributed by atoms with van der Waals surface area (Å²) in [6, 6.07) is 14.1. The maximum atomic E-state index is 6.35. The van der Waals surface area contributed by atoms with Gasteiger partial charge in [-0.3, -0.25) is 4.90 Å². The van der Waals surface area contributed by atoms with Gasteiger partial charge in [0, 0.05) is 17.2 Å². The van der Waals surface area contributed by atoms with Gasteiger partial charge in [0.25, 0.3) is 0 Å². The summed E-state index contributed by atoms with van der Waals surface area (Å²) in [5.74, 6) is 2.28. The van der Waals surface area contributed by atoms with Gasteiger partial charge >= 0.3 is 0 Å². The third kappa shape index (κ3) is 2.72. The average molecular weight is 373 g/mol. The molecule has 3 aliphatic rings. The Kier molecular flexibility index (Phi) is 3.86. The number of ether oxygens (including phenoxy) is 1.